The van der Waals surface area contributed by atoms with E-state index in [2.05, 4.69) is 23.8 Å². The molecule has 0 aliphatic heterocycles. The summed E-state index contributed by atoms with van der Waals surface area (Å²) in [5, 5.41) is 1.41. The molecule has 5 heteroatoms. The van der Waals surface area contributed by atoms with E-state index in [0.717, 1.165) is 23.3 Å². The Morgan fingerprint density at radius 3 is 2.33 bits per heavy atom. The molecule has 0 amide bonds. The fraction of sp³-hybridized carbons (Fsp3) is 0.375. The second-order valence-electron chi connectivity index (χ2n) is 4.94. The molecule has 0 bridgehead atoms. The number of rotatable bonds is 5. The van der Waals surface area contributed by atoms with E-state index in [9.17, 15) is 0 Å². The van der Waals surface area contributed by atoms with Gasteiger partial charge in [0.15, 0.2) is 0 Å². The number of hydrogen-bond acceptors (Lipinski definition) is 3. The highest BCUT2D eigenvalue weighted by atomic mass is 35.5. The predicted molar refractivity (Wildman–Crippen MR) is 93.3 cm³/mol. The van der Waals surface area contributed by atoms with Gasteiger partial charge in [0.1, 0.15) is 16.1 Å². The van der Waals surface area contributed by atoms with Crippen LogP contribution in [0, 0.1) is 6.92 Å². The van der Waals surface area contributed by atoms with Crippen molar-refractivity contribution >= 4 is 35.0 Å². The second-order valence-corrected chi connectivity index (χ2v) is 7.08. The van der Waals surface area contributed by atoms with E-state index in [1.165, 1.54) is 0 Å². The number of thioether (sulfide) groups is 1. The molecule has 1 heterocycles. The summed E-state index contributed by atoms with van der Waals surface area (Å²) in [6.45, 7) is 6.38. The Labute approximate surface area is 140 Å². The van der Waals surface area contributed by atoms with Gasteiger partial charge in [-0.1, -0.05) is 61.3 Å². The molecule has 2 nitrogen and oxygen atoms in total. The van der Waals surface area contributed by atoms with Gasteiger partial charge in [0.05, 0.1) is 11.3 Å². The Bertz CT molecular complexity index is 608. The van der Waals surface area contributed by atoms with Crippen LogP contribution in [0.4, 0.5) is 0 Å². The Kier molecular flexibility index (Phi) is 5.91. The molecule has 1 unspecified atom stereocenters. The van der Waals surface area contributed by atoms with Crippen molar-refractivity contribution < 1.29 is 0 Å². The van der Waals surface area contributed by atoms with Gasteiger partial charge in [0.25, 0.3) is 0 Å². The highest BCUT2D eigenvalue weighted by molar-refractivity contribution is 7.99. The summed E-state index contributed by atoms with van der Waals surface area (Å²) in [7, 11) is 0. The molecule has 0 aliphatic rings. The first-order valence-corrected chi connectivity index (χ1v) is 8.73. The first kappa shape index (κ1) is 16.6. The summed E-state index contributed by atoms with van der Waals surface area (Å²) in [4.78, 5) is 8.81. The number of aryl methyl sites for hydroxylation is 1. The van der Waals surface area contributed by atoms with Gasteiger partial charge >= 0.3 is 0 Å². The number of hydrogen-bond donors (Lipinski definition) is 0. The Hall–Kier alpha value is -0.770. The quantitative estimate of drug-likeness (QED) is 0.644. The SMILES string of the molecule is CCC(C)SCc1nc(Cl)c(-c2ccccc2C)c(Cl)n1. The molecule has 0 aliphatic carbocycles. The molecular weight excluding hydrogens is 323 g/mol. The first-order chi connectivity index (χ1) is 10.0. The second kappa shape index (κ2) is 7.48. The third-order valence-electron chi connectivity index (χ3n) is 3.35. The van der Waals surface area contributed by atoms with Gasteiger partial charge in [-0.15, -0.1) is 0 Å². The zero-order valence-electron chi connectivity index (χ0n) is 12.4. The van der Waals surface area contributed by atoms with Crippen LogP contribution in [-0.4, -0.2) is 15.2 Å². The zero-order valence-corrected chi connectivity index (χ0v) is 14.7. The van der Waals surface area contributed by atoms with Crippen molar-refractivity contribution in [1.29, 1.82) is 0 Å². The monoisotopic (exact) mass is 340 g/mol. The number of aromatic nitrogens is 2. The van der Waals surface area contributed by atoms with Gasteiger partial charge in [-0.05, 0) is 24.5 Å². The third kappa shape index (κ3) is 4.12. The maximum Gasteiger partial charge on any atom is 0.142 e. The van der Waals surface area contributed by atoms with E-state index in [4.69, 9.17) is 23.2 Å². The van der Waals surface area contributed by atoms with Crippen LogP contribution in [0.1, 0.15) is 31.7 Å². The molecule has 0 spiro atoms. The van der Waals surface area contributed by atoms with Gasteiger partial charge in [-0.3, -0.25) is 0 Å². The molecule has 2 aromatic rings. The van der Waals surface area contributed by atoms with Crippen LogP contribution in [0.15, 0.2) is 24.3 Å². The summed E-state index contributed by atoms with van der Waals surface area (Å²) < 4.78 is 0. The lowest BCUT2D eigenvalue weighted by Gasteiger charge is -2.12. The average Bonchev–Trinajstić information content (AvgIpc) is 2.46. The molecule has 1 atom stereocenters. The molecule has 112 valence electrons. The van der Waals surface area contributed by atoms with Crippen LogP contribution in [0.5, 0.6) is 0 Å². The van der Waals surface area contributed by atoms with E-state index in [1.807, 2.05) is 43.0 Å². The molecule has 2 rings (SSSR count). The van der Waals surface area contributed by atoms with Gasteiger partial charge in [-0.25, -0.2) is 9.97 Å². The lowest BCUT2D eigenvalue weighted by Crippen LogP contribution is -2.00. The van der Waals surface area contributed by atoms with Crippen molar-refractivity contribution in [3.8, 4) is 11.1 Å². The highest BCUT2D eigenvalue weighted by Crippen LogP contribution is 2.34. The molecule has 0 radical (unpaired) electrons. The first-order valence-electron chi connectivity index (χ1n) is 6.92. The van der Waals surface area contributed by atoms with Crippen molar-refractivity contribution in [2.24, 2.45) is 0 Å². The largest absolute Gasteiger partial charge is 0.220 e. The number of halogens is 2. The van der Waals surface area contributed by atoms with E-state index >= 15 is 0 Å². The standard InChI is InChI=1S/C16H18Cl2N2S/c1-4-11(3)21-9-13-19-15(17)14(16(18)20-13)12-8-6-5-7-10(12)2/h5-8,11H,4,9H2,1-3H3. The zero-order chi connectivity index (χ0) is 15.4. The van der Waals surface area contributed by atoms with E-state index in [-0.39, 0.29) is 0 Å². The summed E-state index contributed by atoms with van der Waals surface area (Å²) in [5.41, 5.74) is 2.80. The van der Waals surface area contributed by atoms with Gasteiger partial charge < -0.3 is 0 Å². The lowest BCUT2D eigenvalue weighted by molar-refractivity contribution is 0.901. The summed E-state index contributed by atoms with van der Waals surface area (Å²) >= 11 is 14.5. The normalized spacial score (nSPS) is 12.4. The topological polar surface area (TPSA) is 25.8 Å². The minimum Gasteiger partial charge on any atom is -0.220 e. The summed E-state index contributed by atoms with van der Waals surface area (Å²) in [6.07, 6.45) is 1.12. The fourth-order valence-electron chi connectivity index (χ4n) is 1.92. The number of benzene rings is 1. The van der Waals surface area contributed by atoms with Crippen LogP contribution >= 0.6 is 35.0 Å². The molecule has 1 aromatic heterocycles. The molecular formula is C16H18Cl2N2S. The fourth-order valence-corrected chi connectivity index (χ4v) is 3.35. The maximum absolute atomic E-state index is 6.35. The smallest absolute Gasteiger partial charge is 0.142 e. The van der Waals surface area contributed by atoms with E-state index < -0.39 is 0 Å². The van der Waals surface area contributed by atoms with Crippen molar-refractivity contribution in [2.75, 3.05) is 0 Å². The van der Waals surface area contributed by atoms with Crippen LogP contribution < -0.4 is 0 Å². The van der Waals surface area contributed by atoms with Crippen molar-refractivity contribution in [3.05, 3.63) is 46.0 Å². The maximum atomic E-state index is 6.35. The Balaban J connectivity index is 2.32. The van der Waals surface area contributed by atoms with Crippen LogP contribution in [-0.2, 0) is 5.75 Å². The molecule has 1 aromatic carbocycles. The van der Waals surface area contributed by atoms with E-state index in [0.29, 0.717) is 26.9 Å². The highest BCUT2D eigenvalue weighted by Gasteiger charge is 2.15. The minimum atomic E-state index is 0.420. The van der Waals surface area contributed by atoms with Crippen LogP contribution in [0.2, 0.25) is 10.3 Å². The molecule has 21 heavy (non-hydrogen) atoms. The molecule has 0 N–H and O–H groups in total. The lowest BCUT2D eigenvalue weighted by atomic mass is 10.0. The third-order valence-corrected chi connectivity index (χ3v) is 5.23. The molecule has 0 saturated heterocycles. The molecule has 0 saturated carbocycles. The Morgan fingerprint density at radius 2 is 1.76 bits per heavy atom. The minimum absolute atomic E-state index is 0.420. The van der Waals surface area contributed by atoms with Crippen LogP contribution in [0.3, 0.4) is 0 Å². The summed E-state index contributed by atoms with van der Waals surface area (Å²) in [6, 6.07) is 7.95. The predicted octanol–water partition coefficient (Wildman–Crippen LogP) is 5.79. The van der Waals surface area contributed by atoms with Crippen molar-refractivity contribution in [2.45, 2.75) is 38.2 Å². The van der Waals surface area contributed by atoms with Crippen molar-refractivity contribution in [1.82, 2.24) is 9.97 Å². The Morgan fingerprint density at radius 1 is 1.14 bits per heavy atom. The van der Waals surface area contributed by atoms with Crippen molar-refractivity contribution in [3.63, 3.8) is 0 Å². The average molecular weight is 341 g/mol. The van der Waals surface area contributed by atoms with Gasteiger partial charge in [-0.2, -0.15) is 11.8 Å². The van der Waals surface area contributed by atoms with Crippen LogP contribution in [0.25, 0.3) is 11.1 Å². The molecule has 0 fully saturated rings. The summed E-state index contributed by atoms with van der Waals surface area (Å²) in [5.74, 6) is 1.41. The van der Waals surface area contributed by atoms with Gasteiger partial charge in [0, 0.05) is 5.25 Å². The van der Waals surface area contributed by atoms with Gasteiger partial charge in [0.2, 0.25) is 0 Å². The van der Waals surface area contributed by atoms with E-state index in [1.54, 1.807) is 0 Å². The number of nitrogens with zero attached hydrogens (tertiary/aromatic N) is 2.